The van der Waals surface area contributed by atoms with Crippen molar-refractivity contribution >= 4 is 22.4 Å². The molecule has 1 atom stereocenters. The number of aromatic amines is 1. The summed E-state index contributed by atoms with van der Waals surface area (Å²) in [5.74, 6) is -1.63. The summed E-state index contributed by atoms with van der Waals surface area (Å²) in [6.07, 6.45) is 5.80. The Labute approximate surface area is 152 Å². The minimum absolute atomic E-state index is 0.00229. The van der Waals surface area contributed by atoms with E-state index in [0.717, 1.165) is 30.7 Å². The molecule has 3 aromatic rings. The molecule has 0 spiro atoms. The van der Waals surface area contributed by atoms with Gasteiger partial charge in [-0.3, -0.25) is 4.79 Å². The summed E-state index contributed by atoms with van der Waals surface area (Å²) in [5.41, 5.74) is 1.80. The Kier molecular flexibility index (Phi) is 4.50. The number of carbonyl (C=O) groups excluding carboxylic acids is 1. The predicted molar refractivity (Wildman–Crippen MR) is 94.2 cm³/mol. The number of imidazole rings is 1. The lowest BCUT2D eigenvalue weighted by Gasteiger charge is -2.19. The van der Waals surface area contributed by atoms with Gasteiger partial charge >= 0.3 is 0 Å². The van der Waals surface area contributed by atoms with Gasteiger partial charge in [0.05, 0.1) is 17.9 Å². The molecule has 4 rings (SSSR count). The van der Waals surface area contributed by atoms with Crippen LogP contribution < -0.4 is 5.32 Å². The van der Waals surface area contributed by atoms with E-state index in [1.165, 1.54) is 35.7 Å². The Hall–Kier alpha value is -2.61. The number of hydrogen-bond acceptors (Lipinski definition) is 4. The number of aryl methyl sites for hydroxylation is 1. The number of H-pyrrole nitrogens is 1. The standard InChI is InChI=1S/C18H16F2N4OS/c19-13-4-2-5-14(20)12(13)7-10-8-21-18(26-10)24-17(25)11-3-1-6-15-16(11)23-9-22-15/h2,4-5,8-9,11H,1,3,6-7H2,(H,22,23)(H,21,24,25). The molecule has 0 saturated heterocycles. The van der Waals surface area contributed by atoms with Crippen LogP contribution in [-0.4, -0.2) is 20.9 Å². The maximum Gasteiger partial charge on any atom is 0.235 e. The van der Waals surface area contributed by atoms with E-state index < -0.39 is 11.6 Å². The Bertz CT molecular complexity index is 932. The molecule has 0 bridgehead atoms. The van der Waals surface area contributed by atoms with E-state index >= 15 is 0 Å². The van der Waals surface area contributed by atoms with E-state index in [4.69, 9.17) is 0 Å². The molecular weight excluding hydrogens is 358 g/mol. The molecule has 2 heterocycles. The molecule has 1 aromatic carbocycles. The lowest BCUT2D eigenvalue weighted by Crippen LogP contribution is -2.24. The molecular formula is C18H16F2N4OS. The summed E-state index contributed by atoms with van der Waals surface area (Å²) in [4.78, 5) is 24.8. The van der Waals surface area contributed by atoms with Crippen LogP contribution in [0.4, 0.5) is 13.9 Å². The lowest BCUT2D eigenvalue weighted by atomic mass is 9.89. The zero-order valence-electron chi connectivity index (χ0n) is 13.8. The van der Waals surface area contributed by atoms with Gasteiger partial charge in [-0.15, -0.1) is 11.3 Å². The number of nitrogens with one attached hydrogen (secondary N) is 2. The number of aromatic nitrogens is 3. The number of fused-ring (bicyclic) bond motifs is 1. The molecule has 2 N–H and O–H groups in total. The van der Waals surface area contributed by atoms with Gasteiger partial charge in [0.15, 0.2) is 5.13 Å². The first-order valence-corrected chi connectivity index (χ1v) is 9.14. The third kappa shape index (κ3) is 3.24. The number of benzene rings is 1. The van der Waals surface area contributed by atoms with Crippen molar-refractivity contribution in [3.63, 3.8) is 0 Å². The van der Waals surface area contributed by atoms with Gasteiger partial charge in [0.2, 0.25) is 5.91 Å². The Morgan fingerprint density at radius 2 is 2.12 bits per heavy atom. The van der Waals surface area contributed by atoms with Crippen molar-refractivity contribution in [2.45, 2.75) is 31.6 Å². The second-order valence-electron chi connectivity index (χ2n) is 6.21. The molecule has 1 aliphatic rings. The van der Waals surface area contributed by atoms with Crippen LogP contribution in [0.15, 0.2) is 30.7 Å². The van der Waals surface area contributed by atoms with Crippen LogP contribution in [-0.2, 0) is 17.6 Å². The fourth-order valence-electron chi connectivity index (χ4n) is 3.22. The van der Waals surface area contributed by atoms with Crippen LogP contribution in [0.1, 0.15) is 40.6 Å². The summed E-state index contributed by atoms with van der Waals surface area (Å²) >= 11 is 1.22. The van der Waals surface area contributed by atoms with Gasteiger partial charge in [-0.05, 0) is 31.4 Å². The van der Waals surface area contributed by atoms with Gasteiger partial charge in [0, 0.05) is 28.8 Å². The molecule has 134 valence electrons. The smallest absolute Gasteiger partial charge is 0.235 e. The van der Waals surface area contributed by atoms with E-state index in [0.29, 0.717) is 10.0 Å². The number of amides is 1. The third-order valence-electron chi connectivity index (χ3n) is 4.51. The molecule has 1 aliphatic carbocycles. The molecule has 26 heavy (non-hydrogen) atoms. The van der Waals surface area contributed by atoms with E-state index in [1.807, 2.05) is 0 Å². The number of thiazole rings is 1. The minimum atomic E-state index is -0.586. The number of hydrogen-bond donors (Lipinski definition) is 2. The van der Waals surface area contributed by atoms with Crippen LogP contribution >= 0.6 is 11.3 Å². The van der Waals surface area contributed by atoms with E-state index in [-0.39, 0.29) is 23.8 Å². The van der Waals surface area contributed by atoms with Gasteiger partial charge < -0.3 is 10.3 Å². The molecule has 1 unspecified atom stereocenters. The van der Waals surface area contributed by atoms with Gasteiger partial charge in [-0.25, -0.2) is 18.7 Å². The van der Waals surface area contributed by atoms with Crippen molar-refractivity contribution in [3.05, 3.63) is 64.2 Å². The first-order chi connectivity index (χ1) is 12.6. The van der Waals surface area contributed by atoms with Gasteiger partial charge in [-0.1, -0.05) is 6.07 Å². The van der Waals surface area contributed by atoms with Crippen molar-refractivity contribution < 1.29 is 13.6 Å². The molecule has 8 heteroatoms. The first-order valence-electron chi connectivity index (χ1n) is 8.32. The fourth-order valence-corrected chi connectivity index (χ4v) is 4.05. The molecule has 1 amide bonds. The highest BCUT2D eigenvalue weighted by atomic mass is 32.1. The number of anilines is 1. The highest BCUT2D eigenvalue weighted by Gasteiger charge is 2.29. The number of halogens is 2. The fraction of sp³-hybridized carbons (Fsp3) is 0.278. The lowest BCUT2D eigenvalue weighted by molar-refractivity contribution is -0.118. The maximum absolute atomic E-state index is 13.8. The zero-order chi connectivity index (χ0) is 18.1. The largest absolute Gasteiger partial charge is 0.348 e. The van der Waals surface area contributed by atoms with Gasteiger partial charge in [0.1, 0.15) is 11.6 Å². The molecule has 0 saturated carbocycles. The van der Waals surface area contributed by atoms with Crippen LogP contribution in [0.25, 0.3) is 0 Å². The minimum Gasteiger partial charge on any atom is -0.348 e. The summed E-state index contributed by atoms with van der Waals surface area (Å²) < 4.78 is 27.5. The first kappa shape index (κ1) is 16.8. The Morgan fingerprint density at radius 3 is 2.92 bits per heavy atom. The highest BCUT2D eigenvalue weighted by molar-refractivity contribution is 7.15. The van der Waals surface area contributed by atoms with E-state index in [2.05, 4.69) is 20.3 Å². The molecule has 5 nitrogen and oxygen atoms in total. The Balaban J connectivity index is 1.47. The Morgan fingerprint density at radius 1 is 1.31 bits per heavy atom. The normalized spacial score (nSPS) is 16.3. The monoisotopic (exact) mass is 374 g/mol. The van der Waals surface area contributed by atoms with Crippen molar-refractivity contribution in [2.24, 2.45) is 0 Å². The van der Waals surface area contributed by atoms with Crippen LogP contribution in [0.5, 0.6) is 0 Å². The predicted octanol–water partition coefficient (Wildman–Crippen LogP) is 3.79. The topological polar surface area (TPSA) is 70.7 Å². The molecule has 0 radical (unpaired) electrons. The average molecular weight is 374 g/mol. The zero-order valence-corrected chi connectivity index (χ0v) is 14.6. The summed E-state index contributed by atoms with van der Waals surface area (Å²) in [6, 6.07) is 3.79. The second-order valence-corrected chi connectivity index (χ2v) is 7.32. The highest BCUT2D eigenvalue weighted by Crippen LogP contribution is 2.31. The quantitative estimate of drug-likeness (QED) is 0.730. The summed E-state index contributed by atoms with van der Waals surface area (Å²) in [6.45, 7) is 0. The average Bonchev–Trinajstić information content (AvgIpc) is 3.27. The number of nitrogens with zero attached hydrogens (tertiary/aromatic N) is 2. The number of rotatable bonds is 4. The second kappa shape index (κ2) is 6.95. The van der Waals surface area contributed by atoms with Crippen molar-refractivity contribution in [1.82, 2.24) is 15.0 Å². The summed E-state index contributed by atoms with van der Waals surface area (Å²) in [5, 5.41) is 3.23. The van der Waals surface area contributed by atoms with E-state index in [9.17, 15) is 13.6 Å². The third-order valence-corrected chi connectivity index (χ3v) is 5.43. The van der Waals surface area contributed by atoms with Crippen molar-refractivity contribution in [3.8, 4) is 0 Å². The SMILES string of the molecule is O=C(Nc1ncc(Cc2c(F)cccc2F)s1)C1CCCc2[nH]cnc21. The molecule has 0 aliphatic heterocycles. The van der Waals surface area contributed by atoms with Crippen LogP contribution in [0.2, 0.25) is 0 Å². The van der Waals surface area contributed by atoms with Crippen molar-refractivity contribution in [2.75, 3.05) is 5.32 Å². The maximum atomic E-state index is 13.8. The van der Waals surface area contributed by atoms with Gasteiger partial charge in [0.25, 0.3) is 0 Å². The summed E-state index contributed by atoms with van der Waals surface area (Å²) in [7, 11) is 0. The molecule has 2 aromatic heterocycles. The molecule has 0 fully saturated rings. The van der Waals surface area contributed by atoms with Crippen LogP contribution in [0.3, 0.4) is 0 Å². The van der Waals surface area contributed by atoms with Gasteiger partial charge in [-0.2, -0.15) is 0 Å². The van der Waals surface area contributed by atoms with E-state index in [1.54, 1.807) is 6.33 Å². The van der Waals surface area contributed by atoms with Crippen LogP contribution in [0, 0.1) is 11.6 Å². The number of carbonyl (C=O) groups is 1. The van der Waals surface area contributed by atoms with Crippen molar-refractivity contribution in [1.29, 1.82) is 0 Å².